The molecular formula is C14H12ClN3. The molecule has 0 fully saturated rings. The van der Waals surface area contributed by atoms with E-state index in [0.29, 0.717) is 10.7 Å². The van der Waals surface area contributed by atoms with Crippen LogP contribution in [-0.2, 0) is 0 Å². The highest BCUT2D eigenvalue weighted by molar-refractivity contribution is 6.33. The number of aromatic nitrogens is 2. The van der Waals surface area contributed by atoms with Gasteiger partial charge in [0.05, 0.1) is 28.2 Å². The molecule has 0 aliphatic carbocycles. The van der Waals surface area contributed by atoms with E-state index in [-0.39, 0.29) is 0 Å². The van der Waals surface area contributed by atoms with Crippen LogP contribution in [0.2, 0.25) is 5.15 Å². The van der Waals surface area contributed by atoms with Crippen molar-refractivity contribution in [1.29, 1.82) is 5.26 Å². The molecule has 4 heteroatoms. The number of benzene rings is 1. The fourth-order valence-electron chi connectivity index (χ4n) is 1.81. The molecule has 0 aliphatic rings. The van der Waals surface area contributed by atoms with Crippen LogP contribution in [0.15, 0.2) is 36.5 Å². The van der Waals surface area contributed by atoms with E-state index in [0.717, 1.165) is 16.6 Å². The van der Waals surface area contributed by atoms with Crippen LogP contribution in [0.5, 0.6) is 0 Å². The minimum Gasteiger partial charge on any atom is -0.312 e. The third kappa shape index (κ3) is 1.92. The first-order valence-electron chi connectivity index (χ1n) is 5.76. The summed E-state index contributed by atoms with van der Waals surface area (Å²) >= 11 is 6.06. The van der Waals surface area contributed by atoms with Gasteiger partial charge in [0.25, 0.3) is 0 Å². The molecule has 0 saturated heterocycles. The molecule has 18 heavy (non-hydrogen) atoms. The zero-order valence-corrected chi connectivity index (χ0v) is 10.9. The highest BCUT2D eigenvalue weighted by atomic mass is 35.5. The van der Waals surface area contributed by atoms with Gasteiger partial charge < -0.3 is 4.40 Å². The van der Waals surface area contributed by atoms with E-state index in [1.54, 1.807) is 12.1 Å². The van der Waals surface area contributed by atoms with Gasteiger partial charge in [-0.05, 0) is 30.3 Å². The van der Waals surface area contributed by atoms with Crippen molar-refractivity contribution < 1.29 is 0 Å². The Kier molecular flexibility index (Phi) is 3.50. The van der Waals surface area contributed by atoms with E-state index in [9.17, 15) is 0 Å². The van der Waals surface area contributed by atoms with Crippen LogP contribution in [0.25, 0.3) is 16.6 Å². The molecule has 0 unspecified atom stereocenters. The van der Waals surface area contributed by atoms with Crippen molar-refractivity contribution in [1.82, 2.24) is 9.38 Å². The number of rotatable bonds is 0. The monoisotopic (exact) mass is 257 g/mol. The van der Waals surface area contributed by atoms with Crippen LogP contribution in [0.3, 0.4) is 0 Å². The van der Waals surface area contributed by atoms with Crippen LogP contribution in [0.1, 0.15) is 19.4 Å². The average molecular weight is 258 g/mol. The summed E-state index contributed by atoms with van der Waals surface area (Å²) in [6.07, 6.45) is 1.93. The Balaban J connectivity index is 0.000000574. The lowest BCUT2D eigenvalue weighted by Crippen LogP contribution is -1.91. The zero-order chi connectivity index (χ0) is 13.1. The quantitative estimate of drug-likeness (QED) is 0.610. The first-order valence-corrected chi connectivity index (χ1v) is 6.14. The van der Waals surface area contributed by atoms with Crippen molar-refractivity contribution in [3.63, 3.8) is 0 Å². The van der Waals surface area contributed by atoms with Crippen molar-refractivity contribution in [3.8, 4) is 6.07 Å². The lowest BCUT2D eigenvalue weighted by molar-refractivity contribution is 1.23. The maximum absolute atomic E-state index is 8.82. The second kappa shape index (κ2) is 5.07. The summed E-state index contributed by atoms with van der Waals surface area (Å²) < 4.78 is 1.96. The predicted octanol–water partition coefficient (Wildman–Crippen LogP) is 4.04. The van der Waals surface area contributed by atoms with Crippen LogP contribution in [0, 0.1) is 11.3 Å². The van der Waals surface area contributed by atoms with Crippen molar-refractivity contribution >= 4 is 28.2 Å². The minimum atomic E-state index is 0.451. The number of hydrogen-bond acceptors (Lipinski definition) is 2. The van der Waals surface area contributed by atoms with Gasteiger partial charge in [0.1, 0.15) is 0 Å². The number of nitriles is 1. The third-order valence-corrected chi connectivity index (χ3v) is 2.82. The van der Waals surface area contributed by atoms with Gasteiger partial charge in [0.15, 0.2) is 5.15 Å². The second-order valence-electron chi connectivity index (χ2n) is 3.48. The predicted molar refractivity (Wildman–Crippen MR) is 73.8 cm³/mol. The molecular weight excluding hydrogens is 246 g/mol. The fourth-order valence-corrected chi connectivity index (χ4v) is 2.05. The van der Waals surface area contributed by atoms with E-state index in [1.165, 1.54) is 0 Å². The van der Waals surface area contributed by atoms with E-state index in [4.69, 9.17) is 16.9 Å². The second-order valence-corrected chi connectivity index (χ2v) is 3.84. The van der Waals surface area contributed by atoms with Crippen molar-refractivity contribution in [2.24, 2.45) is 0 Å². The highest BCUT2D eigenvalue weighted by Gasteiger charge is 2.06. The molecule has 3 aromatic rings. The van der Waals surface area contributed by atoms with Gasteiger partial charge in [-0.2, -0.15) is 5.26 Å². The van der Waals surface area contributed by atoms with Crippen molar-refractivity contribution in [2.45, 2.75) is 13.8 Å². The Morgan fingerprint density at radius 2 is 2.00 bits per heavy atom. The molecule has 0 atom stereocenters. The number of hydrogen-bond donors (Lipinski definition) is 0. The number of fused-ring (bicyclic) bond motifs is 3. The lowest BCUT2D eigenvalue weighted by Gasteiger charge is -2.04. The Morgan fingerprint density at radius 3 is 2.72 bits per heavy atom. The van der Waals surface area contributed by atoms with E-state index >= 15 is 0 Å². The van der Waals surface area contributed by atoms with Crippen LogP contribution in [-0.4, -0.2) is 9.38 Å². The smallest absolute Gasteiger partial charge is 0.153 e. The summed E-state index contributed by atoms with van der Waals surface area (Å²) in [4.78, 5) is 4.28. The average Bonchev–Trinajstić information content (AvgIpc) is 2.90. The summed E-state index contributed by atoms with van der Waals surface area (Å²) in [5, 5.41) is 9.27. The minimum absolute atomic E-state index is 0.451. The fraction of sp³-hybridized carbons (Fsp3) is 0.143. The molecule has 3 nitrogen and oxygen atoms in total. The van der Waals surface area contributed by atoms with Gasteiger partial charge in [-0.3, -0.25) is 0 Å². The maximum atomic E-state index is 8.82. The summed E-state index contributed by atoms with van der Waals surface area (Å²) in [6.45, 7) is 4.00. The highest BCUT2D eigenvalue weighted by Crippen LogP contribution is 2.22. The Bertz CT molecular complexity index is 738. The largest absolute Gasteiger partial charge is 0.312 e. The number of halogens is 1. The van der Waals surface area contributed by atoms with Crippen LogP contribution >= 0.6 is 11.6 Å². The Hall–Kier alpha value is -2.05. The molecule has 2 aromatic heterocycles. The molecule has 1 aromatic carbocycles. The summed E-state index contributed by atoms with van der Waals surface area (Å²) in [6, 6.07) is 11.3. The van der Waals surface area contributed by atoms with Gasteiger partial charge in [-0.25, -0.2) is 4.98 Å². The zero-order valence-electron chi connectivity index (χ0n) is 10.2. The molecule has 2 heterocycles. The number of nitrogens with zero attached hydrogens (tertiary/aromatic N) is 3. The normalized spacial score (nSPS) is 9.89. The van der Waals surface area contributed by atoms with Crippen molar-refractivity contribution in [2.75, 3.05) is 0 Å². The summed E-state index contributed by atoms with van der Waals surface area (Å²) in [7, 11) is 0. The first kappa shape index (κ1) is 12.4. The van der Waals surface area contributed by atoms with Gasteiger partial charge in [0.2, 0.25) is 0 Å². The van der Waals surface area contributed by atoms with Gasteiger partial charge >= 0.3 is 0 Å². The molecule has 0 N–H and O–H groups in total. The topological polar surface area (TPSA) is 41.1 Å². The Labute approximate surface area is 110 Å². The van der Waals surface area contributed by atoms with Gasteiger partial charge in [-0.15, -0.1) is 0 Å². The Morgan fingerprint density at radius 1 is 1.22 bits per heavy atom. The summed E-state index contributed by atoms with van der Waals surface area (Å²) in [5.41, 5.74) is 3.14. The van der Waals surface area contributed by atoms with E-state index in [1.807, 2.05) is 42.6 Å². The molecule has 0 bridgehead atoms. The first-order chi connectivity index (χ1) is 8.79. The van der Waals surface area contributed by atoms with Gasteiger partial charge in [-0.1, -0.05) is 25.4 Å². The van der Waals surface area contributed by atoms with Crippen LogP contribution < -0.4 is 0 Å². The molecule has 0 aliphatic heterocycles. The van der Waals surface area contributed by atoms with E-state index in [2.05, 4.69) is 11.1 Å². The van der Waals surface area contributed by atoms with E-state index < -0.39 is 0 Å². The molecule has 3 rings (SSSR count). The summed E-state index contributed by atoms with van der Waals surface area (Å²) in [5.74, 6) is 0. The third-order valence-electron chi connectivity index (χ3n) is 2.54. The standard InChI is InChI=1S/C12H6ClN3.C2H6/c13-12-11-2-1-5-16(11)10-4-3-8(7-14)6-9(10)15-12;1-2/h1-6H;1-2H3. The van der Waals surface area contributed by atoms with Crippen molar-refractivity contribution in [3.05, 3.63) is 47.2 Å². The molecule has 90 valence electrons. The lowest BCUT2D eigenvalue weighted by atomic mass is 10.2. The molecule has 0 radical (unpaired) electrons. The maximum Gasteiger partial charge on any atom is 0.153 e. The van der Waals surface area contributed by atoms with Gasteiger partial charge in [0, 0.05) is 6.20 Å². The molecule has 0 saturated carbocycles. The SMILES string of the molecule is CC.N#Cc1ccc2c(c1)nc(Cl)c1cccn12. The van der Waals surface area contributed by atoms with Crippen LogP contribution in [0.4, 0.5) is 0 Å². The molecule has 0 spiro atoms. The molecule has 0 amide bonds.